The van der Waals surface area contributed by atoms with Gasteiger partial charge in [-0.2, -0.15) is 0 Å². The van der Waals surface area contributed by atoms with E-state index in [1.54, 1.807) is 39.5 Å². The molecule has 2 saturated heterocycles. The van der Waals surface area contributed by atoms with E-state index in [-0.39, 0.29) is 17.7 Å². The van der Waals surface area contributed by atoms with Crippen LogP contribution < -0.4 is 24.4 Å². The number of methoxy groups -OCH3 is 3. The first-order chi connectivity index (χ1) is 17.5. The SMILES string of the molecule is COc1ccc(N2CCN(C(=O)C3CCN(CC(=O)Nc4ccc(OC)c(OC)c4)CC3)CC2)cc1. The molecule has 0 aromatic heterocycles. The standard InChI is InChI=1S/C27H36N4O5/c1-34-23-7-5-22(6-8-23)30-14-16-31(17-15-30)27(33)20-10-12-29(13-11-20)19-26(32)28-21-4-9-24(35-2)25(18-21)36-3/h4-9,18,20H,10-17,19H2,1-3H3,(H,28,32). The number of carbonyl (C=O) groups is 2. The highest BCUT2D eigenvalue weighted by Gasteiger charge is 2.31. The van der Waals surface area contributed by atoms with Crippen LogP contribution in [0, 0.1) is 5.92 Å². The van der Waals surface area contributed by atoms with E-state index in [1.165, 1.54) is 0 Å². The molecule has 2 heterocycles. The Balaban J connectivity index is 1.20. The van der Waals surface area contributed by atoms with E-state index in [9.17, 15) is 9.59 Å². The van der Waals surface area contributed by atoms with Gasteiger partial charge < -0.3 is 29.3 Å². The number of amides is 2. The molecule has 2 fully saturated rings. The number of carbonyl (C=O) groups excluding carboxylic acids is 2. The van der Waals surface area contributed by atoms with Gasteiger partial charge in [-0.1, -0.05) is 0 Å². The lowest BCUT2D eigenvalue weighted by Crippen LogP contribution is -2.52. The van der Waals surface area contributed by atoms with Gasteiger partial charge in [0.05, 0.1) is 27.9 Å². The fraction of sp³-hybridized carbons (Fsp3) is 0.481. The van der Waals surface area contributed by atoms with Gasteiger partial charge in [-0.25, -0.2) is 0 Å². The first-order valence-corrected chi connectivity index (χ1v) is 12.4. The van der Waals surface area contributed by atoms with Crippen LogP contribution in [-0.2, 0) is 9.59 Å². The van der Waals surface area contributed by atoms with Gasteiger partial charge in [-0.15, -0.1) is 0 Å². The minimum absolute atomic E-state index is 0.0303. The molecule has 0 spiro atoms. The molecule has 9 heteroatoms. The lowest BCUT2D eigenvalue weighted by atomic mass is 9.95. The molecule has 1 N–H and O–H groups in total. The molecule has 36 heavy (non-hydrogen) atoms. The quantitative estimate of drug-likeness (QED) is 0.602. The van der Waals surface area contributed by atoms with Crippen molar-refractivity contribution in [3.63, 3.8) is 0 Å². The first-order valence-electron chi connectivity index (χ1n) is 12.4. The molecular formula is C27H36N4O5. The van der Waals surface area contributed by atoms with Crippen molar-refractivity contribution < 1.29 is 23.8 Å². The van der Waals surface area contributed by atoms with Crippen LogP contribution in [0.1, 0.15) is 12.8 Å². The zero-order chi connectivity index (χ0) is 25.5. The van der Waals surface area contributed by atoms with Gasteiger partial charge in [0.15, 0.2) is 11.5 Å². The lowest BCUT2D eigenvalue weighted by molar-refractivity contribution is -0.137. The fourth-order valence-corrected chi connectivity index (χ4v) is 4.89. The van der Waals surface area contributed by atoms with Gasteiger partial charge in [0.1, 0.15) is 5.75 Å². The molecule has 4 rings (SSSR count). The average molecular weight is 497 g/mol. The molecule has 9 nitrogen and oxygen atoms in total. The second-order valence-corrected chi connectivity index (χ2v) is 9.18. The lowest BCUT2D eigenvalue weighted by Gasteiger charge is -2.39. The van der Waals surface area contributed by atoms with Crippen molar-refractivity contribution in [1.29, 1.82) is 0 Å². The maximum absolute atomic E-state index is 13.1. The largest absolute Gasteiger partial charge is 0.497 e. The second-order valence-electron chi connectivity index (χ2n) is 9.18. The second kappa shape index (κ2) is 12.0. The number of hydrogen-bond acceptors (Lipinski definition) is 7. The van der Waals surface area contributed by atoms with E-state index in [2.05, 4.69) is 27.2 Å². The number of piperazine rings is 1. The molecule has 0 unspecified atom stereocenters. The van der Waals surface area contributed by atoms with Crippen LogP contribution >= 0.6 is 0 Å². The summed E-state index contributed by atoms with van der Waals surface area (Å²) in [6, 6.07) is 13.4. The van der Waals surface area contributed by atoms with Gasteiger partial charge in [-0.3, -0.25) is 14.5 Å². The average Bonchev–Trinajstić information content (AvgIpc) is 2.93. The molecule has 0 atom stereocenters. The van der Waals surface area contributed by atoms with Crippen LogP contribution in [0.4, 0.5) is 11.4 Å². The maximum Gasteiger partial charge on any atom is 0.238 e. The Labute approximate surface area is 212 Å². The number of piperidine rings is 1. The maximum atomic E-state index is 13.1. The molecule has 0 radical (unpaired) electrons. The fourth-order valence-electron chi connectivity index (χ4n) is 4.89. The number of nitrogens with one attached hydrogen (secondary N) is 1. The summed E-state index contributed by atoms with van der Waals surface area (Å²) in [7, 11) is 4.81. The van der Waals surface area contributed by atoms with E-state index < -0.39 is 0 Å². The number of ether oxygens (including phenoxy) is 3. The Morgan fingerprint density at radius 2 is 1.50 bits per heavy atom. The predicted molar refractivity (Wildman–Crippen MR) is 139 cm³/mol. The smallest absolute Gasteiger partial charge is 0.238 e. The molecule has 2 amide bonds. The molecule has 2 aromatic carbocycles. The number of nitrogens with zero attached hydrogens (tertiary/aromatic N) is 3. The third-order valence-electron chi connectivity index (χ3n) is 7.00. The number of anilines is 2. The van der Waals surface area contributed by atoms with E-state index in [4.69, 9.17) is 14.2 Å². The molecule has 2 aromatic rings. The van der Waals surface area contributed by atoms with Crippen molar-refractivity contribution in [1.82, 2.24) is 9.80 Å². The molecule has 0 aliphatic carbocycles. The molecule has 2 aliphatic rings. The minimum atomic E-state index is -0.0818. The molecule has 0 saturated carbocycles. The predicted octanol–water partition coefficient (Wildman–Crippen LogP) is 2.71. The zero-order valence-corrected chi connectivity index (χ0v) is 21.4. The van der Waals surface area contributed by atoms with Crippen molar-refractivity contribution >= 4 is 23.2 Å². The van der Waals surface area contributed by atoms with Crippen LogP contribution in [-0.4, -0.2) is 88.8 Å². The van der Waals surface area contributed by atoms with Gasteiger partial charge in [0.2, 0.25) is 11.8 Å². The highest BCUT2D eigenvalue weighted by atomic mass is 16.5. The monoisotopic (exact) mass is 496 g/mol. The normalized spacial score (nSPS) is 17.0. The summed E-state index contributed by atoms with van der Waals surface area (Å²) >= 11 is 0. The van der Waals surface area contributed by atoms with Crippen molar-refractivity contribution in [3.8, 4) is 17.2 Å². The van der Waals surface area contributed by atoms with Crippen LogP contribution in [0.3, 0.4) is 0 Å². The van der Waals surface area contributed by atoms with E-state index in [0.29, 0.717) is 23.7 Å². The van der Waals surface area contributed by atoms with E-state index in [0.717, 1.165) is 63.5 Å². The summed E-state index contributed by atoms with van der Waals surface area (Å²) in [6.45, 7) is 4.90. The van der Waals surface area contributed by atoms with Crippen LogP contribution in [0.5, 0.6) is 17.2 Å². The number of hydrogen-bond donors (Lipinski definition) is 1. The Morgan fingerprint density at radius 3 is 2.11 bits per heavy atom. The Kier molecular flexibility index (Phi) is 8.53. The summed E-state index contributed by atoms with van der Waals surface area (Å²) < 4.78 is 15.8. The first kappa shape index (κ1) is 25.6. The summed E-state index contributed by atoms with van der Waals surface area (Å²) in [4.78, 5) is 32.1. The van der Waals surface area contributed by atoms with Crippen LogP contribution in [0.2, 0.25) is 0 Å². The highest BCUT2D eigenvalue weighted by Crippen LogP contribution is 2.30. The van der Waals surface area contributed by atoms with Gasteiger partial charge in [0.25, 0.3) is 0 Å². The van der Waals surface area contributed by atoms with Gasteiger partial charge in [-0.05, 0) is 62.3 Å². The summed E-state index contributed by atoms with van der Waals surface area (Å²) in [5.41, 5.74) is 1.82. The highest BCUT2D eigenvalue weighted by molar-refractivity contribution is 5.92. The number of likely N-dealkylation sites (tertiary alicyclic amines) is 1. The van der Waals surface area contributed by atoms with Gasteiger partial charge in [0, 0.05) is 49.5 Å². The molecule has 194 valence electrons. The van der Waals surface area contributed by atoms with Crippen LogP contribution in [0.25, 0.3) is 0 Å². The molecular weight excluding hydrogens is 460 g/mol. The van der Waals surface area contributed by atoms with Crippen molar-refractivity contribution in [2.24, 2.45) is 5.92 Å². The molecule has 0 bridgehead atoms. The number of benzene rings is 2. The van der Waals surface area contributed by atoms with Crippen molar-refractivity contribution in [2.45, 2.75) is 12.8 Å². The third-order valence-corrected chi connectivity index (χ3v) is 7.00. The van der Waals surface area contributed by atoms with E-state index in [1.807, 2.05) is 17.0 Å². The summed E-state index contributed by atoms with van der Waals surface area (Å²) in [5, 5.41) is 2.92. The Hall–Kier alpha value is -3.46. The Morgan fingerprint density at radius 1 is 0.833 bits per heavy atom. The molecule has 2 aliphatic heterocycles. The van der Waals surface area contributed by atoms with Crippen LogP contribution in [0.15, 0.2) is 42.5 Å². The Bertz CT molecular complexity index is 1030. The number of rotatable bonds is 8. The minimum Gasteiger partial charge on any atom is -0.497 e. The summed E-state index contributed by atoms with van der Waals surface area (Å²) in [6.07, 6.45) is 1.56. The van der Waals surface area contributed by atoms with Crippen molar-refractivity contribution in [3.05, 3.63) is 42.5 Å². The zero-order valence-electron chi connectivity index (χ0n) is 21.4. The third kappa shape index (κ3) is 6.20. The van der Waals surface area contributed by atoms with E-state index >= 15 is 0 Å². The summed E-state index contributed by atoms with van der Waals surface area (Å²) in [5.74, 6) is 2.23. The van der Waals surface area contributed by atoms with Gasteiger partial charge >= 0.3 is 0 Å². The topological polar surface area (TPSA) is 83.6 Å². The van der Waals surface area contributed by atoms with Crippen molar-refractivity contribution in [2.75, 3.05) is 77.4 Å².